The molecule has 0 amide bonds. The number of allylic oxidation sites excluding steroid dienone is 1. The number of rotatable bonds is 5. The summed E-state index contributed by atoms with van der Waals surface area (Å²) in [6.45, 7) is 8.00. The fraction of sp³-hybridized carbons (Fsp3) is 0.462. The zero-order valence-electron chi connectivity index (χ0n) is 11.0. The van der Waals surface area contributed by atoms with Crippen molar-refractivity contribution in [3.8, 4) is 5.75 Å². The summed E-state index contributed by atoms with van der Waals surface area (Å²) in [5.41, 5.74) is 2.05. The van der Waals surface area contributed by atoms with Gasteiger partial charge in [0.15, 0.2) is 6.40 Å². The minimum Gasteiger partial charge on any atom is -0.495 e. The van der Waals surface area contributed by atoms with Crippen molar-refractivity contribution in [2.24, 2.45) is 4.99 Å². The Balaban J connectivity index is 2.96. The molecule has 0 N–H and O–H groups in total. The predicted molar refractivity (Wildman–Crippen MR) is 73.9 cm³/mol. The Morgan fingerprint density at radius 3 is 2.65 bits per heavy atom. The quantitative estimate of drug-likeness (QED) is 0.587. The molecule has 1 aromatic rings. The summed E-state index contributed by atoms with van der Waals surface area (Å²) >= 11 is 1.62. The van der Waals surface area contributed by atoms with E-state index >= 15 is 0 Å². The number of thiophene rings is 1. The second-order valence-corrected chi connectivity index (χ2v) is 5.00. The van der Waals surface area contributed by atoms with Crippen LogP contribution in [0, 0.1) is 0 Å². The van der Waals surface area contributed by atoms with Crippen LogP contribution >= 0.6 is 11.3 Å². The smallest absolute Gasteiger partial charge is 0.174 e. The third kappa shape index (κ3) is 3.89. The Labute approximate surface area is 107 Å². The molecule has 0 saturated carbocycles. The molecule has 0 aliphatic heterocycles. The molecule has 0 aliphatic carbocycles. The molecule has 94 valence electrons. The SMILES string of the molecule is COc1ccsc1C(N=COC(C)C)=C(C)C. The maximum atomic E-state index is 5.33. The number of ether oxygens (including phenoxy) is 2. The van der Waals surface area contributed by atoms with Crippen molar-refractivity contribution in [1.29, 1.82) is 0 Å². The first kappa shape index (κ1) is 13.8. The van der Waals surface area contributed by atoms with Crippen molar-refractivity contribution in [1.82, 2.24) is 0 Å². The second kappa shape index (κ2) is 6.45. The predicted octanol–water partition coefficient (Wildman–Crippen LogP) is 3.96. The molecule has 0 unspecified atom stereocenters. The van der Waals surface area contributed by atoms with Crippen molar-refractivity contribution in [2.75, 3.05) is 7.11 Å². The van der Waals surface area contributed by atoms with Crippen molar-refractivity contribution in [3.05, 3.63) is 21.9 Å². The van der Waals surface area contributed by atoms with E-state index in [9.17, 15) is 0 Å². The highest BCUT2D eigenvalue weighted by Crippen LogP contribution is 2.33. The van der Waals surface area contributed by atoms with Gasteiger partial charge in [-0.25, -0.2) is 4.99 Å². The summed E-state index contributed by atoms with van der Waals surface area (Å²) in [6.07, 6.45) is 1.65. The number of hydrogen-bond donors (Lipinski definition) is 0. The van der Waals surface area contributed by atoms with Gasteiger partial charge in [-0.15, -0.1) is 11.3 Å². The van der Waals surface area contributed by atoms with Gasteiger partial charge in [-0.1, -0.05) is 0 Å². The molecule has 1 rings (SSSR count). The highest BCUT2D eigenvalue weighted by Gasteiger charge is 2.10. The molecule has 0 atom stereocenters. The van der Waals surface area contributed by atoms with Crippen molar-refractivity contribution >= 4 is 23.4 Å². The average Bonchev–Trinajstić information content (AvgIpc) is 2.71. The molecule has 0 bridgehead atoms. The fourth-order valence-electron chi connectivity index (χ4n) is 1.25. The lowest BCUT2D eigenvalue weighted by Gasteiger charge is -2.07. The van der Waals surface area contributed by atoms with Crippen molar-refractivity contribution < 1.29 is 9.47 Å². The third-order valence-corrected chi connectivity index (χ3v) is 2.95. The van der Waals surface area contributed by atoms with Crippen LogP contribution < -0.4 is 4.74 Å². The van der Waals surface area contributed by atoms with Gasteiger partial charge in [0.1, 0.15) is 5.75 Å². The third-order valence-electron chi connectivity index (χ3n) is 2.05. The molecule has 4 heteroatoms. The summed E-state index contributed by atoms with van der Waals surface area (Å²) in [5, 5.41) is 2.00. The molecule has 0 aliphatic rings. The molecule has 0 saturated heterocycles. The first-order valence-corrected chi connectivity index (χ1v) is 6.41. The number of nitrogens with zero attached hydrogens (tertiary/aromatic N) is 1. The van der Waals surface area contributed by atoms with Crippen LogP contribution in [0.3, 0.4) is 0 Å². The summed E-state index contributed by atoms with van der Waals surface area (Å²) in [4.78, 5) is 5.42. The van der Waals surface area contributed by atoms with Gasteiger partial charge in [-0.05, 0) is 44.7 Å². The Bertz CT molecular complexity index is 415. The van der Waals surface area contributed by atoms with Gasteiger partial charge in [-0.3, -0.25) is 0 Å². The number of aliphatic imine (C=N–C) groups is 1. The Kier molecular flexibility index (Phi) is 5.22. The zero-order chi connectivity index (χ0) is 12.8. The lowest BCUT2D eigenvalue weighted by molar-refractivity contribution is 0.241. The lowest BCUT2D eigenvalue weighted by atomic mass is 10.2. The molecular formula is C13H19NO2S. The first-order valence-electron chi connectivity index (χ1n) is 5.53. The van der Waals surface area contributed by atoms with Crippen LogP contribution in [0.25, 0.3) is 5.70 Å². The highest BCUT2D eigenvalue weighted by atomic mass is 32.1. The minimum atomic E-state index is 0.141. The number of hydrogen-bond acceptors (Lipinski definition) is 4. The fourth-order valence-corrected chi connectivity index (χ4v) is 2.21. The topological polar surface area (TPSA) is 30.8 Å². The molecule has 1 aromatic heterocycles. The van der Waals surface area contributed by atoms with Gasteiger partial charge in [0.25, 0.3) is 0 Å². The second-order valence-electron chi connectivity index (χ2n) is 4.09. The van der Waals surface area contributed by atoms with Crippen LogP contribution in [0.5, 0.6) is 5.75 Å². The lowest BCUT2D eigenvalue weighted by Crippen LogP contribution is -1.99. The van der Waals surface area contributed by atoms with E-state index in [-0.39, 0.29) is 6.10 Å². The molecular weight excluding hydrogens is 234 g/mol. The van der Waals surface area contributed by atoms with E-state index < -0.39 is 0 Å². The maximum absolute atomic E-state index is 5.33. The van der Waals surface area contributed by atoms with Crippen LogP contribution in [0.15, 0.2) is 22.0 Å². The molecule has 0 aromatic carbocycles. The van der Waals surface area contributed by atoms with Gasteiger partial charge in [0.05, 0.1) is 23.8 Å². The van der Waals surface area contributed by atoms with Gasteiger partial charge in [-0.2, -0.15) is 0 Å². The van der Waals surface area contributed by atoms with Crippen LogP contribution in [-0.4, -0.2) is 19.6 Å². The van der Waals surface area contributed by atoms with E-state index in [0.717, 1.165) is 21.9 Å². The van der Waals surface area contributed by atoms with E-state index in [1.165, 1.54) is 6.40 Å². The standard InChI is InChI=1S/C13H19NO2S/c1-9(2)12(14-8-16-10(3)4)13-11(15-5)6-7-17-13/h6-8,10H,1-5H3. The monoisotopic (exact) mass is 253 g/mol. The van der Waals surface area contributed by atoms with E-state index in [4.69, 9.17) is 9.47 Å². The van der Waals surface area contributed by atoms with Gasteiger partial charge >= 0.3 is 0 Å². The average molecular weight is 253 g/mol. The molecule has 17 heavy (non-hydrogen) atoms. The van der Waals surface area contributed by atoms with E-state index in [1.54, 1.807) is 18.4 Å². The van der Waals surface area contributed by atoms with Gasteiger partial charge in [0, 0.05) is 0 Å². The first-order chi connectivity index (χ1) is 8.06. The normalized spacial score (nSPS) is 10.9. The maximum Gasteiger partial charge on any atom is 0.174 e. The Hall–Kier alpha value is -1.29. The Morgan fingerprint density at radius 2 is 2.12 bits per heavy atom. The van der Waals surface area contributed by atoms with Crippen LogP contribution in [-0.2, 0) is 4.74 Å². The largest absolute Gasteiger partial charge is 0.495 e. The zero-order valence-corrected chi connectivity index (χ0v) is 11.8. The van der Waals surface area contributed by atoms with Crippen molar-refractivity contribution in [3.63, 3.8) is 0 Å². The Morgan fingerprint density at radius 1 is 1.41 bits per heavy atom. The molecule has 0 radical (unpaired) electrons. The minimum absolute atomic E-state index is 0.141. The summed E-state index contributed by atoms with van der Waals surface area (Å²) < 4.78 is 10.6. The summed E-state index contributed by atoms with van der Waals surface area (Å²) in [7, 11) is 1.67. The summed E-state index contributed by atoms with van der Waals surface area (Å²) in [5.74, 6) is 0.855. The van der Waals surface area contributed by atoms with E-state index in [1.807, 2.05) is 39.1 Å². The van der Waals surface area contributed by atoms with Crippen molar-refractivity contribution in [2.45, 2.75) is 33.8 Å². The van der Waals surface area contributed by atoms with Crippen LogP contribution in [0.2, 0.25) is 0 Å². The molecule has 0 fully saturated rings. The van der Waals surface area contributed by atoms with E-state index in [2.05, 4.69) is 4.99 Å². The molecule has 1 heterocycles. The van der Waals surface area contributed by atoms with E-state index in [0.29, 0.717) is 0 Å². The van der Waals surface area contributed by atoms with Crippen LogP contribution in [0.4, 0.5) is 0 Å². The van der Waals surface area contributed by atoms with Gasteiger partial charge in [0.2, 0.25) is 0 Å². The van der Waals surface area contributed by atoms with Gasteiger partial charge < -0.3 is 9.47 Å². The van der Waals surface area contributed by atoms with Crippen LogP contribution in [0.1, 0.15) is 32.6 Å². The molecule has 0 spiro atoms. The number of methoxy groups -OCH3 is 1. The summed E-state index contributed by atoms with van der Waals surface area (Å²) in [6, 6.07) is 1.95. The highest BCUT2D eigenvalue weighted by molar-refractivity contribution is 7.11. The molecule has 3 nitrogen and oxygen atoms in total.